The lowest BCUT2D eigenvalue weighted by molar-refractivity contribution is 0.0731. The van der Waals surface area contributed by atoms with E-state index in [1.54, 1.807) is 25.3 Å². The molecule has 1 aliphatic rings. The summed E-state index contributed by atoms with van der Waals surface area (Å²) in [5, 5.41) is 0.642. The third-order valence-electron chi connectivity index (χ3n) is 6.20. The number of carbonyl (C=O) groups excluding carboxylic acids is 1. The molecule has 1 aliphatic heterocycles. The number of rotatable bonds is 4. The second-order valence-corrected chi connectivity index (χ2v) is 10.2. The molecule has 7 nitrogen and oxygen atoms in total. The molecule has 1 amide bonds. The first-order valence-corrected chi connectivity index (χ1v) is 12.5. The average Bonchev–Trinajstić information content (AvgIpc) is 2.93. The van der Waals surface area contributed by atoms with Gasteiger partial charge in [0.1, 0.15) is 10.7 Å². The molecule has 1 aromatic carbocycles. The van der Waals surface area contributed by atoms with Gasteiger partial charge in [-0.3, -0.25) is 9.52 Å². The predicted octanol–water partition coefficient (Wildman–Crippen LogP) is 4.88. The van der Waals surface area contributed by atoms with Gasteiger partial charge < -0.3 is 9.32 Å². The third-order valence-corrected chi connectivity index (χ3v) is 7.71. The molecule has 8 heteroatoms. The zero-order chi connectivity index (χ0) is 23.0. The van der Waals surface area contributed by atoms with Crippen LogP contribution in [0.5, 0.6) is 0 Å². The van der Waals surface area contributed by atoms with Crippen LogP contribution in [-0.2, 0) is 10.0 Å². The number of aryl methyl sites for hydroxylation is 3. The highest BCUT2D eigenvalue weighted by Crippen LogP contribution is 2.36. The zero-order valence-corrected chi connectivity index (χ0v) is 19.8. The van der Waals surface area contributed by atoms with Crippen molar-refractivity contribution >= 4 is 32.7 Å². The van der Waals surface area contributed by atoms with Crippen LogP contribution in [-0.4, -0.2) is 37.3 Å². The second-order valence-electron chi connectivity index (χ2n) is 8.61. The largest absolute Gasteiger partial charge is 0.449 e. The monoisotopic (exact) mass is 455 g/mol. The SMILES string of the molecule is Cc1ccc(NS(=O)(=O)c2c(C)c(C)cc3c(C)c(C(=O)N4CCCCCC4)oc23)nc1. The molecule has 1 N–H and O–H groups in total. The number of benzene rings is 1. The van der Waals surface area contributed by atoms with Crippen LogP contribution in [0.15, 0.2) is 33.7 Å². The van der Waals surface area contributed by atoms with Crippen LogP contribution in [0.4, 0.5) is 5.82 Å². The lowest BCUT2D eigenvalue weighted by atomic mass is 10.0. The van der Waals surface area contributed by atoms with Crippen LogP contribution < -0.4 is 4.72 Å². The molecular weight excluding hydrogens is 426 g/mol. The number of amides is 1. The van der Waals surface area contributed by atoms with E-state index in [1.165, 1.54) is 0 Å². The molecule has 0 radical (unpaired) electrons. The van der Waals surface area contributed by atoms with E-state index in [2.05, 4.69) is 9.71 Å². The topological polar surface area (TPSA) is 92.5 Å². The molecule has 0 bridgehead atoms. The molecular formula is C24H29N3O4S. The molecule has 0 saturated carbocycles. The Morgan fingerprint density at radius 2 is 1.72 bits per heavy atom. The average molecular weight is 456 g/mol. The van der Waals surface area contributed by atoms with Crippen LogP contribution >= 0.6 is 0 Å². The highest BCUT2D eigenvalue weighted by atomic mass is 32.2. The Morgan fingerprint density at radius 1 is 1.03 bits per heavy atom. The molecule has 1 fully saturated rings. The van der Waals surface area contributed by atoms with Crippen molar-refractivity contribution in [2.45, 2.75) is 58.3 Å². The normalized spacial score (nSPS) is 15.1. The van der Waals surface area contributed by atoms with Gasteiger partial charge in [0.15, 0.2) is 11.3 Å². The summed E-state index contributed by atoms with van der Waals surface area (Å²) >= 11 is 0. The molecule has 4 rings (SSSR count). The van der Waals surface area contributed by atoms with E-state index < -0.39 is 10.0 Å². The minimum Gasteiger partial charge on any atom is -0.449 e. The molecule has 170 valence electrons. The number of hydrogen-bond donors (Lipinski definition) is 1. The summed E-state index contributed by atoms with van der Waals surface area (Å²) in [7, 11) is -4.00. The Balaban J connectivity index is 1.82. The standard InChI is InChI=1S/C24H29N3O4S/c1-15-9-10-20(25-14-15)26-32(29,30)23-17(3)16(2)13-19-18(4)21(31-22(19)23)24(28)27-11-7-5-6-8-12-27/h9-10,13-14H,5-8,11-12H2,1-4H3,(H,25,26). The maximum Gasteiger partial charge on any atom is 0.289 e. The summed E-state index contributed by atoms with van der Waals surface area (Å²) in [6.45, 7) is 8.70. The summed E-state index contributed by atoms with van der Waals surface area (Å²) in [5.41, 5.74) is 3.21. The van der Waals surface area contributed by atoms with E-state index >= 15 is 0 Å². The lowest BCUT2D eigenvalue weighted by Crippen LogP contribution is -2.31. The first-order valence-electron chi connectivity index (χ1n) is 11.0. The summed E-state index contributed by atoms with van der Waals surface area (Å²) in [6.07, 6.45) is 5.77. The van der Waals surface area contributed by atoms with Crippen LogP contribution in [0, 0.1) is 27.7 Å². The number of pyridine rings is 1. The van der Waals surface area contributed by atoms with Gasteiger partial charge in [0.05, 0.1) is 0 Å². The van der Waals surface area contributed by atoms with E-state index in [9.17, 15) is 13.2 Å². The number of furan rings is 1. The lowest BCUT2D eigenvalue weighted by Gasteiger charge is -2.19. The first kappa shape index (κ1) is 22.3. The Hall–Kier alpha value is -2.87. The van der Waals surface area contributed by atoms with Crippen molar-refractivity contribution in [1.82, 2.24) is 9.88 Å². The van der Waals surface area contributed by atoms with Gasteiger partial charge in [0.25, 0.3) is 15.9 Å². The number of anilines is 1. The molecule has 0 aliphatic carbocycles. The Morgan fingerprint density at radius 3 is 2.34 bits per heavy atom. The van der Waals surface area contributed by atoms with Crippen LogP contribution in [0.1, 0.15) is 58.5 Å². The van der Waals surface area contributed by atoms with Crippen LogP contribution in [0.3, 0.4) is 0 Å². The number of sulfonamides is 1. The van der Waals surface area contributed by atoms with Crippen molar-refractivity contribution in [1.29, 1.82) is 0 Å². The number of hydrogen-bond acceptors (Lipinski definition) is 5. The molecule has 2 aromatic heterocycles. The van der Waals surface area contributed by atoms with Crippen LogP contribution in [0.2, 0.25) is 0 Å². The zero-order valence-electron chi connectivity index (χ0n) is 19.0. The Labute approximate surface area is 188 Å². The van der Waals surface area contributed by atoms with Crippen molar-refractivity contribution in [3.63, 3.8) is 0 Å². The summed E-state index contributed by atoms with van der Waals surface area (Å²) in [4.78, 5) is 19.3. The van der Waals surface area contributed by atoms with Crippen molar-refractivity contribution in [3.05, 3.63) is 52.4 Å². The van der Waals surface area contributed by atoms with E-state index in [1.807, 2.05) is 31.7 Å². The fourth-order valence-electron chi connectivity index (χ4n) is 4.20. The Kier molecular flexibility index (Phi) is 5.99. The number of nitrogens with zero attached hydrogens (tertiary/aromatic N) is 2. The van der Waals surface area contributed by atoms with Gasteiger partial charge in [-0.1, -0.05) is 18.9 Å². The van der Waals surface area contributed by atoms with Crippen molar-refractivity contribution in [2.24, 2.45) is 0 Å². The van der Waals surface area contributed by atoms with E-state index in [-0.39, 0.29) is 28.0 Å². The molecule has 0 atom stereocenters. The maximum absolute atomic E-state index is 13.4. The predicted molar refractivity (Wildman–Crippen MR) is 125 cm³/mol. The summed E-state index contributed by atoms with van der Waals surface area (Å²) < 4.78 is 35.4. The third kappa shape index (κ3) is 4.11. The van der Waals surface area contributed by atoms with E-state index in [0.717, 1.165) is 36.8 Å². The second kappa shape index (κ2) is 8.58. The highest BCUT2D eigenvalue weighted by molar-refractivity contribution is 7.93. The maximum atomic E-state index is 13.4. The van der Waals surface area contributed by atoms with Gasteiger partial charge in [-0.2, -0.15) is 0 Å². The minimum absolute atomic E-state index is 0.0490. The van der Waals surface area contributed by atoms with Gasteiger partial charge in [-0.25, -0.2) is 13.4 Å². The molecule has 3 aromatic rings. The minimum atomic E-state index is -4.00. The molecule has 0 unspecified atom stereocenters. The number of carbonyl (C=O) groups is 1. The van der Waals surface area contributed by atoms with Gasteiger partial charge in [-0.05, 0) is 69.4 Å². The van der Waals surface area contributed by atoms with Crippen molar-refractivity contribution < 1.29 is 17.6 Å². The fraction of sp³-hybridized carbons (Fsp3) is 0.417. The van der Waals surface area contributed by atoms with Gasteiger partial charge in [0.2, 0.25) is 0 Å². The van der Waals surface area contributed by atoms with Gasteiger partial charge in [-0.15, -0.1) is 0 Å². The number of fused-ring (bicyclic) bond motifs is 1. The number of aromatic nitrogens is 1. The quantitative estimate of drug-likeness (QED) is 0.605. The van der Waals surface area contributed by atoms with Crippen molar-refractivity contribution in [2.75, 3.05) is 17.8 Å². The Bertz CT molecular complexity index is 1270. The highest BCUT2D eigenvalue weighted by Gasteiger charge is 2.30. The summed E-state index contributed by atoms with van der Waals surface area (Å²) in [6, 6.07) is 5.31. The van der Waals surface area contributed by atoms with Crippen molar-refractivity contribution in [3.8, 4) is 0 Å². The van der Waals surface area contributed by atoms with Gasteiger partial charge >= 0.3 is 0 Å². The smallest absolute Gasteiger partial charge is 0.289 e. The molecule has 1 saturated heterocycles. The number of likely N-dealkylation sites (tertiary alicyclic amines) is 1. The van der Waals surface area contributed by atoms with Crippen LogP contribution in [0.25, 0.3) is 11.0 Å². The molecule has 32 heavy (non-hydrogen) atoms. The molecule has 0 spiro atoms. The van der Waals surface area contributed by atoms with E-state index in [4.69, 9.17) is 4.42 Å². The van der Waals surface area contributed by atoms with E-state index in [0.29, 0.717) is 29.6 Å². The summed E-state index contributed by atoms with van der Waals surface area (Å²) in [5.74, 6) is 0.276. The number of nitrogens with one attached hydrogen (secondary N) is 1. The fourth-order valence-corrected chi connectivity index (χ4v) is 5.66. The van der Waals surface area contributed by atoms with Gasteiger partial charge in [0, 0.05) is 30.2 Å². The molecule has 3 heterocycles. The first-order chi connectivity index (χ1) is 15.2.